The molecule has 1 fully saturated rings. The maximum absolute atomic E-state index is 11.8. The molecule has 0 saturated carbocycles. The van der Waals surface area contributed by atoms with Crippen molar-refractivity contribution in [1.29, 1.82) is 0 Å². The number of aromatic carboxylic acids is 1. The number of carboxylic acids is 1. The second-order valence-electron chi connectivity index (χ2n) is 4.49. The van der Waals surface area contributed by atoms with Gasteiger partial charge in [-0.2, -0.15) is 0 Å². The van der Waals surface area contributed by atoms with E-state index in [0.29, 0.717) is 5.69 Å². The minimum absolute atomic E-state index is 0.0605. The molecular formula is C13H17N3O3. The topological polar surface area (TPSA) is 82.5 Å². The van der Waals surface area contributed by atoms with Crippen molar-refractivity contribution >= 4 is 11.9 Å². The Morgan fingerprint density at radius 3 is 2.79 bits per heavy atom. The van der Waals surface area contributed by atoms with E-state index in [1.165, 1.54) is 6.07 Å². The zero-order chi connectivity index (χ0) is 13.7. The Balaban J connectivity index is 1.85. The van der Waals surface area contributed by atoms with Crippen LogP contribution in [0.15, 0.2) is 18.3 Å². The normalized spacial score (nSPS) is 14.6. The molecule has 1 saturated heterocycles. The highest BCUT2D eigenvalue weighted by molar-refractivity contribution is 5.88. The van der Waals surface area contributed by atoms with Crippen molar-refractivity contribution in [2.75, 3.05) is 19.6 Å². The summed E-state index contributed by atoms with van der Waals surface area (Å²) in [6.07, 6.45) is 3.68. The number of nitrogens with zero attached hydrogens (tertiary/aromatic N) is 2. The molecule has 19 heavy (non-hydrogen) atoms. The molecule has 2 N–H and O–H groups in total. The van der Waals surface area contributed by atoms with Gasteiger partial charge in [-0.05, 0) is 25.0 Å². The molecule has 0 unspecified atom stereocenters. The lowest BCUT2D eigenvalue weighted by atomic mass is 10.2. The van der Waals surface area contributed by atoms with E-state index < -0.39 is 5.97 Å². The first-order valence-corrected chi connectivity index (χ1v) is 6.34. The molecule has 6 nitrogen and oxygen atoms in total. The number of rotatable bonds is 5. The lowest BCUT2D eigenvalue weighted by Crippen LogP contribution is -2.36. The molecule has 0 spiro atoms. The average Bonchev–Trinajstić information content (AvgIpc) is 2.93. The van der Waals surface area contributed by atoms with Gasteiger partial charge >= 0.3 is 5.97 Å². The van der Waals surface area contributed by atoms with E-state index in [1.807, 2.05) is 4.90 Å². The van der Waals surface area contributed by atoms with Crippen molar-refractivity contribution < 1.29 is 14.7 Å². The van der Waals surface area contributed by atoms with Crippen LogP contribution in [0.3, 0.4) is 0 Å². The van der Waals surface area contributed by atoms with Gasteiger partial charge in [0.2, 0.25) is 5.91 Å². The van der Waals surface area contributed by atoms with Gasteiger partial charge in [-0.1, -0.05) is 0 Å². The van der Waals surface area contributed by atoms with Crippen molar-refractivity contribution in [2.45, 2.75) is 19.4 Å². The van der Waals surface area contributed by atoms with E-state index in [1.54, 1.807) is 12.3 Å². The van der Waals surface area contributed by atoms with Crippen LogP contribution in [-0.2, 0) is 11.3 Å². The second kappa shape index (κ2) is 6.29. The summed E-state index contributed by atoms with van der Waals surface area (Å²) in [5, 5.41) is 12.0. The third-order valence-corrected chi connectivity index (χ3v) is 3.15. The first-order valence-electron chi connectivity index (χ1n) is 6.34. The van der Waals surface area contributed by atoms with Gasteiger partial charge in [0.05, 0.1) is 17.8 Å². The number of nitrogens with one attached hydrogen (secondary N) is 1. The quantitative estimate of drug-likeness (QED) is 0.808. The summed E-state index contributed by atoms with van der Waals surface area (Å²) in [7, 11) is 0. The van der Waals surface area contributed by atoms with Gasteiger partial charge in [-0.15, -0.1) is 0 Å². The van der Waals surface area contributed by atoms with Crippen LogP contribution in [0, 0.1) is 0 Å². The molecule has 2 rings (SSSR count). The van der Waals surface area contributed by atoms with E-state index in [0.717, 1.165) is 25.9 Å². The Bertz CT molecular complexity index is 470. The van der Waals surface area contributed by atoms with Gasteiger partial charge in [0, 0.05) is 25.8 Å². The number of carboxylic acid groups (broad SMARTS) is 1. The summed E-state index contributed by atoms with van der Waals surface area (Å²) in [5.41, 5.74) is 0.618. The van der Waals surface area contributed by atoms with Gasteiger partial charge < -0.3 is 15.3 Å². The lowest BCUT2D eigenvalue weighted by Gasteiger charge is -2.15. The van der Waals surface area contributed by atoms with Crippen molar-refractivity contribution in [3.63, 3.8) is 0 Å². The molecular weight excluding hydrogens is 246 g/mol. The number of carbonyl (C=O) groups excluding carboxylic acids is 1. The maximum atomic E-state index is 11.8. The zero-order valence-electron chi connectivity index (χ0n) is 10.6. The van der Waals surface area contributed by atoms with Crippen molar-refractivity contribution in [2.24, 2.45) is 0 Å². The summed E-state index contributed by atoms with van der Waals surface area (Å²) < 4.78 is 0. The number of amides is 1. The Morgan fingerprint density at radius 1 is 1.37 bits per heavy atom. The van der Waals surface area contributed by atoms with E-state index in [2.05, 4.69) is 10.3 Å². The zero-order valence-corrected chi connectivity index (χ0v) is 10.6. The Morgan fingerprint density at radius 2 is 2.11 bits per heavy atom. The predicted octanol–water partition coefficient (Wildman–Crippen LogP) is 0.492. The molecule has 1 aromatic rings. The highest BCUT2D eigenvalue weighted by atomic mass is 16.4. The average molecular weight is 263 g/mol. The van der Waals surface area contributed by atoms with E-state index in [4.69, 9.17) is 5.11 Å². The van der Waals surface area contributed by atoms with Gasteiger partial charge in [-0.25, -0.2) is 4.79 Å². The van der Waals surface area contributed by atoms with Crippen molar-refractivity contribution in [1.82, 2.24) is 15.2 Å². The largest absolute Gasteiger partial charge is 0.478 e. The van der Waals surface area contributed by atoms with Gasteiger partial charge in [-0.3, -0.25) is 9.78 Å². The third-order valence-electron chi connectivity index (χ3n) is 3.15. The van der Waals surface area contributed by atoms with Gasteiger partial charge in [0.1, 0.15) is 0 Å². The predicted molar refractivity (Wildman–Crippen MR) is 68.7 cm³/mol. The molecule has 0 atom stereocenters. The SMILES string of the molecule is O=C(O)c1cccnc1CNCC(=O)N1CCCC1. The van der Waals surface area contributed by atoms with Crippen molar-refractivity contribution in [3.05, 3.63) is 29.6 Å². The first-order chi connectivity index (χ1) is 9.18. The monoisotopic (exact) mass is 263 g/mol. The molecule has 1 amide bonds. The molecule has 1 aliphatic heterocycles. The summed E-state index contributed by atoms with van der Waals surface area (Å²) >= 11 is 0. The Hall–Kier alpha value is -1.95. The van der Waals surface area contributed by atoms with Gasteiger partial charge in [0.25, 0.3) is 0 Å². The van der Waals surface area contributed by atoms with E-state index >= 15 is 0 Å². The highest BCUT2D eigenvalue weighted by Gasteiger charge is 2.17. The molecule has 0 bridgehead atoms. The van der Waals surface area contributed by atoms with E-state index in [-0.39, 0.29) is 24.6 Å². The second-order valence-corrected chi connectivity index (χ2v) is 4.49. The summed E-state index contributed by atoms with van der Waals surface area (Å²) in [6, 6.07) is 3.09. The minimum Gasteiger partial charge on any atom is -0.478 e. The van der Waals surface area contributed by atoms with Gasteiger partial charge in [0.15, 0.2) is 0 Å². The number of carbonyl (C=O) groups is 2. The van der Waals surface area contributed by atoms with Crippen LogP contribution in [0.25, 0.3) is 0 Å². The van der Waals surface area contributed by atoms with Crippen LogP contribution in [0.2, 0.25) is 0 Å². The Labute approximate surface area is 111 Å². The fraction of sp³-hybridized carbons (Fsp3) is 0.462. The molecule has 1 aliphatic rings. The molecule has 0 aromatic carbocycles. The number of aromatic nitrogens is 1. The molecule has 1 aromatic heterocycles. The van der Waals surface area contributed by atoms with Crippen LogP contribution in [0.1, 0.15) is 28.9 Å². The van der Waals surface area contributed by atoms with Crippen LogP contribution in [0.4, 0.5) is 0 Å². The summed E-state index contributed by atoms with van der Waals surface area (Å²) in [5.74, 6) is -0.943. The summed E-state index contributed by atoms with van der Waals surface area (Å²) in [4.78, 5) is 28.6. The number of pyridine rings is 1. The fourth-order valence-corrected chi connectivity index (χ4v) is 2.14. The van der Waals surface area contributed by atoms with Crippen molar-refractivity contribution in [3.8, 4) is 0 Å². The number of hydrogen-bond acceptors (Lipinski definition) is 4. The standard InChI is InChI=1S/C13H17N3O3/c17-12(16-6-1-2-7-16)9-14-8-11-10(13(18)19)4-3-5-15-11/h3-5,14H,1-2,6-9H2,(H,18,19). The maximum Gasteiger partial charge on any atom is 0.337 e. The highest BCUT2D eigenvalue weighted by Crippen LogP contribution is 2.07. The molecule has 2 heterocycles. The molecule has 102 valence electrons. The van der Waals surface area contributed by atoms with Crippen LogP contribution in [-0.4, -0.2) is 46.5 Å². The number of hydrogen-bond donors (Lipinski definition) is 2. The van der Waals surface area contributed by atoms with Crippen LogP contribution < -0.4 is 5.32 Å². The molecule has 6 heteroatoms. The third kappa shape index (κ3) is 3.51. The van der Waals surface area contributed by atoms with Crippen LogP contribution >= 0.6 is 0 Å². The Kier molecular flexibility index (Phi) is 4.46. The smallest absolute Gasteiger partial charge is 0.337 e. The first kappa shape index (κ1) is 13.5. The lowest BCUT2D eigenvalue weighted by molar-refractivity contribution is -0.129. The molecule has 0 aliphatic carbocycles. The van der Waals surface area contributed by atoms with Crippen LogP contribution in [0.5, 0.6) is 0 Å². The minimum atomic E-state index is -1.00. The number of likely N-dealkylation sites (tertiary alicyclic amines) is 1. The summed E-state index contributed by atoms with van der Waals surface area (Å²) in [6.45, 7) is 2.15. The van der Waals surface area contributed by atoms with E-state index in [9.17, 15) is 9.59 Å². The molecule has 0 radical (unpaired) electrons. The fourth-order valence-electron chi connectivity index (χ4n) is 2.14.